The second kappa shape index (κ2) is 4.72. The standard InChI is InChI=1S/C13H19N3O2/c1-17-12-11(7-14-13(16-12)18-2)8-5-9-3-4-10(6-8)15-9/h7-10,15H,3-6H2,1-2H3. The third kappa shape index (κ3) is 2.03. The molecule has 5 nitrogen and oxygen atoms in total. The molecule has 2 unspecified atom stereocenters. The Labute approximate surface area is 107 Å². The van der Waals surface area contributed by atoms with Crippen LogP contribution in [0.15, 0.2) is 6.20 Å². The van der Waals surface area contributed by atoms with Gasteiger partial charge >= 0.3 is 6.01 Å². The minimum atomic E-state index is 0.368. The van der Waals surface area contributed by atoms with Crippen LogP contribution in [0.3, 0.4) is 0 Å². The van der Waals surface area contributed by atoms with Crippen LogP contribution in [0.4, 0.5) is 0 Å². The van der Waals surface area contributed by atoms with E-state index in [0.29, 0.717) is 29.9 Å². The highest BCUT2D eigenvalue weighted by Gasteiger charge is 2.35. The number of piperidine rings is 1. The fraction of sp³-hybridized carbons (Fsp3) is 0.692. The van der Waals surface area contributed by atoms with Gasteiger partial charge in [-0.3, -0.25) is 0 Å². The Kier molecular flexibility index (Phi) is 3.07. The summed E-state index contributed by atoms with van der Waals surface area (Å²) in [6.07, 6.45) is 6.76. The van der Waals surface area contributed by atoms with Gasteiger partial charge in [-0.2, -0.15) is 4.98 Å². The highest BCUT2D eigenvalue weighted by atomic mass is 16.5. The van der Waals surface area contributed by atoms with Crippen LogP contribution in [0.5, 0.6) is 11.9 Å². The number of fused-ring (bicyclic) bond motifs is 2. The van der Waals surface area contributed by atoms with Gasteiger partial charge in [0.15, 0.2) is 0 Å². The van der Waals surface area contributed by atoms with E-state index in [1.807, 2.05) is 6.20 Å². The Morgan fingerprint density at radius 1 is 1.17 bits per heavy atom. The van der Waals surface area contributed by atoms with Gasteiger partial charge in [0, 0.05) is 23.8 Å². The van der Waals surface area contributed by atoms with Gasteiger partial charge < -0.3 is 14.8 Å². The molecule has 2 saturated heterocycles. The highest BCUT2D eigenvalue weighted by Crippen LogP contribution is 2.39. The molecule has 0 aliphatic carbocycles. The third-order valence-electron chi connectivity index (χ3n) is 4.05. The Morgan fingerprint density at radius 2 is 1.89 bits per heavy atom. The van der Waals surface area contributed by atoms with E-state index in [0.717, 1.165) is 18.4 Å². The monoisotopic (exact) mass is 249 g/mol. The summed E-state index contributed by atoms with van der Waals surface area (Å²) in [6.45, 7) is 0. The fourth-order valence-electron chi connectivity index (χ4n) is 3.21. The first-order valence-corrected chi connectivity index (χ1v) is 6.51. The van der Waals surface area contributed by atoms with Gasteiger partial charge in [-0.05, 0) is 31.6 Å². The van der Waals surface area contributed by atoms with E-state index in [4.69, 9.17) is 9.47 Å². The topological polar surface area (TPSA) is 56.3 Å². The molecule has 2 bridgehead atoms. The van der Waals surface area contributed by atoms with Crippen molar-refractivity contribution in [3.05, 3.63) is 11.8 Å². The molecule has 0 amide bonds. The van der Waals surface area contributed by atoms with Crippen molar-refractivity contribution in [2.75, 3.05) is 14.2 Å². The quantitative estimate of drug-likeness (QED) is 0.879. The predicted molar refractivity (Wildman–Crippen MR) is 67.1 cm³/mol. The van der Waals surface area contributed by atoms with Crippen LogP contribution in [0.1, 0.15) is 37.2 Å². The smallest absolute Gasteiger partial charge is 0.319 e. The predicted octanol–water partition coefficient (Wildman–Crippen LogP) is 1.49. The number of nitrogens with one attached hydrogen (secondary N) is 1. The lowest BCUT2D eigenvalue weighted by atomic mass is 9.87. The van der Waals surface area contributed by atoms with Crippen LogP contribution >= 0.6 is 0 Å². The number of nitrogens with zero attached hydrogens (tertiary/aromatic N) is 2. The summed E-state index contributed by atoms with van der Waals surface area (Å²) in [6, 6.07) is 1.67. The molecule has 0 aromatic carbocycles. The molecule has 5 heteroatoms. The number of rotatable bonds is 3. The first-order chi connectivity index (χ1) is 8.80. The summed E-state index contributed by atoms with van der Waals surface area (Å²) >= 11 is 0. The zero-order chi connectivity index (χ0) is 12.5. The SMILES string of the molecule is COc1ncc(C2CC3CCC(C2)N3)c(OC)n1. The van der Waals surface area contributed by atoms with Gasteiger partial charge in [0.05, 0.1) is 14.2 Å². The van der Waals surface area contributed by atoms with Crippen LogP contribution in [-0.2, 0) is 0 Å². The van der Waals surface area contributed by atoms with Crippen molar-refractivity contribution in [2.45, 2.75) is 43.7 Å². The molecule has 2 aliphatic heterocycles. The van der Waals surface area contributed by atoms with E-state index in [9.17, 15) is 0 Å². The molecule has 3 heterocycles. The molecule has 0 spiro atoms. The van der Waals surface area contributed by atoms with E-state index >= 15 is 0 Å². The molecule has 98 valence electrons. The van der Waals surface area contributed by atoms with Crippen LogP contribution in [0, 0.1) is 0 Å². The minimum absolute atomic E-state index is 0.368. The second-order valence-corrected chi connectivity index (χ2v) is 5.13. The molecule has 1 aromatic heterocycles. The van der Waals surface area contributed by atoms with Gasteiger partial charge in [0.1, 0.15) is 0 Å². The van der Waals surface area contributed by atoms with Crippen molar-refractivity contribution in [1.82, 2.24) is 15.3 Å². The van der Waals surface area contributed by atoms with Crippen LogP contribution in [0.2, 0.25) is 0 Å². The van der Waals surface area contributed by atoms with Crippen LogP contribution in [-0.4, -0.2) is 36.3 Å². The summed E-state index contributed by atoms with van der Waals surface area (Å²) in [5.74, 6) is 1.16. The lowest BCUT2D eigenvalue weighted by Crippen LogP contribution is -2.37. The van der Waals surface area contributed by atoms with Crippen molar-refractivity contribution >= 4 is 0 Å². The largest absolute Gasteiger partial charge is 0.481 e. The van der Waals surface area contributed by atoms with Gasteiger partial charge in [-0.15, -0.1) is 0 Å². The number of methoxy groups -OCH3 is 2. The molecular weight excluding hydrogens is 230 g/mol. The first kappa shape index (κ1) is 11.7. The molecule has 3 rings (SSSR count). The molecule has 0 saturated carbocycles. The number of hydrogen-bond donors (Lipinski definition) is 1. The van der Waals surface area contributed by atoms with E-state index in [2.05, 4.69) is 15.3 Å². The zero-order valence-corrected chi connectivity index (χ0v) is 10.8. The van der Waals surface area contributed by atoms with Crippen molar-refractivity contribution in [3.63, 3.8) is 0 Å². The maximum Gasteiger partial charge on any atom is 0.319 e. The maximum atomic E-state index is 5.38. The average molecular weight is 249 g/mol. The van der Waals surface area contributed by atoms with Gasteiger partial charge in [-0.1, -0.05) is 0 Å². The van der Waals surface area contributed by atoms with E-state index in [-0.39, 0.29) is 0 Å². The Morgan fingerprint density at radius 3 is 2.50 bits per heavy atom. The third-order valence-corrected chi connectivity index (χ3v) is 4.05. The number of ether oxygens (including phenoxy) is 2. The molecule has 1 N–H and O–H groups in total. The summed E-state index contributed by atoms with van der Waals surface area (Å²) in [5, 5.41) is 3.64. The van der Waals surface area contributed by atoms with Crippen LogP contribution < -0.4 is 14.8 Å². The molecule has 2 aliphatic rings. The molecule has 2 atom stereocenters. The summed E-state index contributed by atoms with van der Waals surface area (Å²) in [7, 11) is 3.22. The minimum Gasteiger partial charge on any atom is -0.481 e. The Hall–Kier alpha value is -1.36. The number of hydrogen-bond acceptors (Lipinski definition) is 5. The fourth-order valence-corrected chi connectivity index (χ4v) is 3.21. The van der Waals surface area contributed by atoms with E-state index < -0.39 is 0 Å². The van der Waals surface area contributed by atoms with Crippen LogP contribution in [0.25, 0.3) is 0 Å². The molecule has 0 radical (unpaired) electrons. The highest BCUT2D eigenvalue weighted by molar-refractivity contribution is 5.30. The van der Waals surface area contributed by atoms with E-state index in [1.165, 1.54) is 12.8 Å². The summed E-state index contributed by atoms with van der Waals surface area (Å²) in [4.78, 5) is 8.50. The zero-order valence-electron chi connectivity index (χ0n) is 10.8. The molecule has 2 fully saturated rings. The maximum absolute atomic E-state index is 5.38. The normalized spacial score (nSPS) is 30.2. The van der Waals surface area contributed by atoms with Gasteiger partial charge in [0.2, 0.25) is 5.88 Å². The lowest BCUT2D eigenvalue weighted by Gasteiger charge is -2.29. The Bertz CT molecular complexity index is 426. The molecular formula is C13H19N3O2. The van der Waals surface area contributed by atoms with E-state index in [1.54, 1.807) is 14.2 Å². The molecule has 18 heavy (non-hydrogen) atoms. The van der Waals surface area contributed by atoms with Crippen molar-refractivity contribution in [3.8, 4) is 11.9 Å². The molecule has 1 aromatic rings. The van der Waals surface area contributed by atoms with Gasteiger partial charge in [-0.25, -0.2) is 4.98 Å². The Balaban J connectivity index is 1.87. The second-order valence-electron chi connectivity index (χ2n) is 5.13. The lowest BCUT2D eigenvalue weighted by molar-refractivity contribution is 0.326. The average Bonchev–Trinajstić information content (AvgIpc) is 2.76. The first-order valence-electron chi connectivity index (χ1n) is 6.51. The van der Waals surface area contributed by atoms with Gasteiger partial charge in [0.25, 0.3) is 0 Å². The summed E-state index contributed by atoms with van der Waals surface area (Å²) < 4.78 is 10.4. The van der Waals surface area contributed by atoms with Crippen molar-refractivity contribution in [2.24, 2.45) is 0 Å². The van der Waals surface area contributed by atoms with Crippen molar-refractivity contribution < 1.29 is 9.47 Å². The number of aromatic nitrogens is 2. The summed E-state index contributed by atoms with van der Waals surface area (Å²) in [5.41, 5.74) is 1.12. The van der Waals surface area contributed by atoms with Crippen molar-refractivity contribution in [1.29, 1.82) is 0 Å².